The van der Waals surface area contributed by atoms with Crippen molar-refractivity contribution < 1.29 is 19.1 Å². The van der Waals surface area contributed by atoms with Gasteiger partial charge in [-0.15, -0.1) is 5.10 Å². The first kappa shape index (κ1) is 22.1. The quantitative estimate of drug-likeness (QED) is 0.593. The molecule has 176 valence electrons. The zero-order chi connectivity index (χ0) is 23.7. The van der Waals surface area contributed by atoms with Crippen molar-refractivity contribution in [2.75, 3.05) is 33.3 Å². The number of hydrogen-bond acceptors (Lipinski definition) is 6. The molecule has 1 atom stereocenters. The second kappa shape index (κ2) is 9.26. The summed E-state index contributed by atoms with van der Waals surface area (Å²) in [6, 6.07) is 15.3. The molecular formula is C25H27N5O4. The van der Waals surface area contributed by atoms with Crippen LogP contribution in [-0.2, 0) is 17.9 Å². The monoisotopic (exact) mass is 461 g/mol. The van der Waals surface area contributed by atoms with Gasteiger partial charge in [0.15, 0.2) is 5.69 Å². The third kappa shape index (κ3) is 4.14. The standard InChI is InChI=1S/C25H27N5O4/c1-17-5-3-4-6-20(17)24(31)28-11-13-29(14-12-28)25(32)23-21-16-34-22(15-30(21)27-26-23)18-7-9-19(33-2)10-8-18/h3-10,22H,11-16H2,1-2H3. The van der Waals surface area contributed by atoms with Gasteiger partial charge in [0.25, 0.3) is 11.8 Å². The molecule has 5 rings (SSSR count). The molecule has 0 aliphatic carbocycles. The average molecular weight is 462 g/mol. The molecule has 2 amide bonds. The molecule has 2 aliphatic heterocycles. The minimum absolute atomic E-state index is 0.00390. The van der Waals surface area contributed by atoms with Gasteiger partial charge in [-0.25, -0.2) is 4.68 Å². The SMILES string of the molecule is COc1ccc(C2Cn3nnc(C(=O)N4CCN(C(=O)c5ccccc5C)CC4)c3CO2)cc1. The fourth-order valence-corrected chi connectivity index (χ4v) is 4.44. The highest BCUT2D eigenvalue weighted by atomic mass is 16.5. The normalized spacial score (nSPS) is 17.9. The molecule has 0 saturated carbocycles. The molecule has 9 nitrogen and oxygen atoms in total. The Bertz CT molecular complexity index is 1200. The zero-order valence-electron chi connectivity index (χ0n) is 19.3. The molecule has 1 saturated heterocycles. The Morgan fingerprint density at radius 3 is 2.32 bits per heavy atom. The van der Waals surface area contributed by atoms with Gasteiger partial charge in [-0.2, -0.15) is 0 Å². The molecule has 0 radical (unpaired) electrons. The molecule has 1 unspecified atom stereocenters. The predicted octanol–water partition coefficient (Wildman–Crippen LogP) is 2.46. The third-order valence-electron chi connectivity index (χ3n) is 6.52. The Labute approximate surface area is 197 Å². The number of rotatable bonds is 4. The van der Waals surface area contributed by atoms with Crippen molar-refractivity contribution in [3.05, 3.63) is 76.6 Å². The summed E-state index contributed by atoms with van der Waals surface area (Å²) in [5.41, 5.74) is 3.69. The molecule has 0 N–H and O–H groups in total. The largest absolute Gasteiger partial charge is 0.497 e. The summed E-state index contributed by atoms with van der Waals surface area (Å²) in [4.78, 5) is 29.6. The van der Waals surface area contributed by atoms with Gasteiger partial charge in [0, 0.05) is 31.7 Å². The van der Waals surface area contributed by atoms with E-state index in [-0.39, 0.29) is 24.5 Å². The summed E-state index contributed by atoms with van der Waals surface area (Å²) in [7, 11) is 1.63. The molecular weight excluding hydrogens is 434 g/mol. The van der Waals surface area contributed by atoms with Crippen LogP contribution in [-0.4, -0.2) is 69.9 Å². The molecule has 2 aliphatic rings. The maximum absolute atomic E-state index is 13.2. The second-order valence-corrected chi connectivity index (χ2v) is 8.54. The Balaban J connectivity index is 1.23. The Kier molecular flexibility index (Phi) is 6.02. The van der Waals surface area contributed by atoms with E-state index < -0.39 is 0 Å². The first-order valence-corrected chi connectivity index (χ1v) is 11.4. The Morgan fingerprint density at radius 2 is 1.65 bits per heavy atom. The number of amides is 2. The summed E-state index contributed by atoms with van der Waals surface area (Å²) in [5.74, 6) is 0.620. The van der Waals surface area contributed by atoms with Crippen LogP contribution in [0.15, 0.2) is 48.5 Å². The van der Waals surface area contributed by atoms with E-state index in [1.807, 2.05) is 55.5 Å². The average Bonchev–Trinajstić information content (AvgIpc) is 3.31. The van der Waals surface area contributed by atoms with Gasteiger partial charge in [-0.1, -0.05) is 35.5 Å². The van der Waals surface area contributed by atoms with Crippen LogP contribution in [0.5, 0.6) is 5.75 Å². The van der Waals surface area contributed by atoms with Crippen LogP contribution in [0.1, 0.15) is 43.8 Å². The van der Waals surface area contributed by atoms with Crippen LogP contribution in [0.2, 0.25) is 0 Å². The Morgan fingerprint density at radius 1 is 0.971 bits per heavy atom. The first-order valence-electron chi connectivity index (χ1n) is 11.4. The molecule has 0 bridgehead atoms. The lowest BCUT2D eigenvalue weighted by molar-refractivity contribution is -0.00204. The number of aromatic nitrogens is 3. The number of ether oxygens (including phenoxy) is 2. The van der Waals surface area contributed by atoms with Crippen molar-refractivity contribution in [1.29, 1.82) is 0 Å². The fourth-order valence-electron chi connectivity index (χ4n) is 4.44. The van der Waals surface area contributed by atoms with E-state index in [9.17, 15) is 9.59 Å². The highest BCUT2D eigenvalue weighted by Gasteiger charge is 2.32. The van der Waals surface area contributed by atoms with Crippen molar-refractivity contribution in [2.45, 2.75) is 26.2 Å². The molecule has 0 spiro atoms. The molecule has 1 fully saturated rings. The number of benzene rings is 2. The number of carbonyl (C=O) groups is 2. The first-order chi connectivity index (χ1) is 16.5. The van der Waals surface area contributed by atoms with Gasteiger partial charge in [0.05, 0.1) is 26.0 Å². The van der Waals surface area contributed by atoms with E-state index in [1.165, 1.54) is 0 Å². The second-order valence-electron chi connectivity index (χ2n) is 8.54. The topological polar surface area (TPSA) is 89.8 Å². The van der Waals surface area contributed by atoms with Gasteiger partial charge in [0.1, 0.15) is 11.9 Å². The van der Waals surface area contributed by atoms with Gasteiger partial charge >= 0.3 is 0 Å². The lowest BCUT2D eigenvalue weighted by Gasteiger charge is -2.35. The van der Waals surface area contributed by atoms with Gasteiger partial charge in [-0.3, -0.25) is 9.59 Å². The van der Waals surface area contributed by atoms with Crippen molar-refractivity contribution >= 4 is 11.8 Å². The lowest BCUT2D eigenvalue weighted by Crippen LogP contribution is -2.51. The number of fused-ring (bicyclic) bond motifs is 1. The lowest BCUT2D eigenvalue weighted by atomic mass is 10.1. The van der Waals surface area contributed by atoms with Crippen LogP contribution < -0.4 is 4.74 Å². The predicted molar refractivity (Wildman–Crippen MR) is 124 cm³/mol. The smallest absolute Gasteiger partial charge is 0.276 e. The molecule has 3 aromatic rings. The van der Waals surface area contributed by atoms with E-state index in [0.717, 1.165) is 16.9 Å². The van der Waals surface area contributed by atoms with Crippen molar-refractivity contribution in [3.63, 3.8) is 0 Å². The molecule has 3 heterocycles. The van der Waals surface area contributed by atoms with Crippen LogP contribution in [0.25, 0.3) is 0 Å². The van der Waals surface area contributed by atoms with Gasteiger partial charge in [-0.05, 0) is 36.2 Å². The zero-order valence-corrected chi connectivity index (χ0v) is 19.3. The summed E-state index contributed by atoms with van der Waals surface area (Å²) in [5, 5.41) is 8.41. The molecule has 2 aromatic carbocycles. The van der Waals surface area contributed by atoms with Crippen molar-refractivity contribution in [2.24, 2.45) is 0 Å². The van der Waals surface area contributed by atoms with Crippen LogP contribution in [0.4, 0.5) is 0 Å². The van der Waals surface area contributed by atoms with E-state index in [4.69, 9.17) is 9.47 Å². The number of carbonyl (C=O) groups excluding carboxylic acids is 2. The van der Waals surface area contributed by atoms with E-state index in [2.05, 4.69) is 10.3 Å². The number of aryl methyl sites for hydroxylation is 1. The maximum atomic E-state index is 13.2. The van der Waals surface area contributed by atoms with Crippen LogP contribution in [0, 0.1) is 6.92 Å². The number of hydrogen-bond donors (Lipinski definition) is 0. The summed E-state index contributed by atoms with van der Waals surface area (Å²) in [6.45, 7) is 4.56. The minimum Gasteiger partial charge on any atom is -0.497 e. The summed E-state index contributed by atoms with van der Waals surface area (Å²) in [6.07, 6.45) is -0.168. The van der Waals surface area contributed by atoms with Gasteiger partial charge < -0.3 is 19.3 Å². The fraction of sp³-hybridized carbons (Fsp3) is 0.360. The minimum atomic E-state index is -0.171. The third-order valence-corrected chi connectivity index (χ3v) is 6.52. The molecule has 1 aromatic heterocycles. The van der Waals surface area contributed by atoms with E-state index in [0.29, 0.717) is 49.7 Å². The summed E-state index contributed by atoms with van der Waals surface area (Å²) >= 11 is 0. The van der Waals surface area contributed by atoms with E-state index >= 15 is 0 Å². The van der Waals surface area contributed by atoms with Crippen molar-refractivity contribution in [1.82, 2.24) is 24.8 Å². The number of piperazine rings is 1. The van der Waals surface area contributed by atoms with Crippen molar-refractivity contribution in [3.8, 4) is 5.75 Å². The Hall–Kier alpha value is -3.72. The van der Waals surface area contributed by atoms with Gasteiger partial charge in [0.2, 0.25) is 0 Å². The van der Waals surface area contributed by atoms with E-state index in [1.54, 1.807) is 21.6 Å². The maximum Gasteiger partial charge on any atom is 0.276 e. The summed E-state index contributed by atoms with van der Waals surface area (Å²) < 4.78 is 13.0. The molecule has 9 heteroatoms. The number of methoxy groups -OCH3 is 1. The van der Waals surface area contributed by atoms with Crippen LogP contribution in [0.3, 0.4) is 0 Å². The highest BCUT2D eigenvalue weighted by molar-refractivity contribution is 5.96. The molecule has 34 heavy (non-hydrogen) atoms. The van der Waals surface area contributed by atoms with Crippen LogP contribution >= 0.6 is 0 Å². The number of nitrogens with zero attached hydrogens (tertiary/aromatic N) is 5. The highest BCUT2D eigenvalue weighted by Crippen LogP contribution is 2.28.